The van der Waals surface area contributed by atoms with Crippen LogP contribution in [0.1, 0.15) is 123 Å². The van der Waals surface area contributed by atoms with E-state index in [0.717, 1.165) is 19.3 Å². The number of hydrogen-bond donors (Lipinski definition) is 0. The van der Waals surface area contributed by atoms with E-state index in [2.05, 4.69) is 6.92 Å². The smallest absolute Gasteiger partial charge is 0.548 e. The SMILES string of the molecule is CCCCCCCCCCCCCCCCCCC(C(=O)[O-])N(C)C(C)=O.[Na+]. The summed E-state index contributed by atoms with van der Waals surface area (Å²) in [6, 6.07) is -0.783. The maximum Gasteiger partial charge on any atom is 1.00 e. The molecule has 0 aromatic heterocycles. The fraction of sp³-hybridized carbons (Fsp3) is 0.913. The molecular weight excluding hydrogens is 361 g/mol. The Morgan fingerprint density at radius 2 is 1.04 bits per heavy atom. The molecule has 0 aromatic rings. The fourth-order valence-corrected chi connectivity index (χ4v) is 3.57. The molecular formula is C23H44NNaO3. The summed E-state index contributed by atoms with van der Waals surface area (Å²) in [6.45, 7) is 3.66. The van der Waals surface area contributed by atoms with Gasteiger partial charge in [0.1, 0.15) is 0 Å². The summed E-state index contributed by atoms with van der Waals surface area (Å²) < 4.78 is 0. The van der Waals surface area contributed by atoms with Gasteiger partial charge in [0.2, 0.25) is 5.91 Å². The van der Waals surface area contributed by atoms with E-state index in [9.17, 15) is 14.7 Å². The first-order chi connectivity index (χ1) is 13.0. The number of carboxylic acids is 1. The van der Waals surface area contributed by atoms with Gasteiger partial charge in [0.05, 0.1) is 12.0 Å². The summed E-state index contributed by atoms with van der Waals surface area (Å²) in [5.74, 6) is -1.37. The van der Waals surface area contributed by atoms with Gasteiger partial charge in [-0.1, -0.05) is 110 Å². The third-order valence-electron chi connectivity index (χ3n) is 5.57. The predicted octanol–water partition coefficient (Wildman–Crippen LogP) is 2.24. The summed E-state index contributed by atoms with van der Waals surface area (Å²) in [5.41, 5.74) is 0. The molecule has 0 saturated carbocycles. The van der Waals surface area contributed by atoms with Crippen LogP contribution in [0.5, 0.6) is 0 Å². The number of carbonyl (C=O) groups excluding carboxylic acids is 2. The standard InChI is InChI=1S/C23H45NO3.Na/c1-4-5-6-7-8-9-10-11-12-13-14-15-16-17-18-19-20-22(23(26)27)24(3)21(2)25;/h22H,4-20H2,1-3H3,(H,26,27);/q;+1/p-1. The molecule has 0 aliphatic rings. The topological polar surface area (TPSA) is 60.4 Å². The second-order valence-electron chi connectivity index (χ2n) is 8.06. The molecule has 0 N–H and O–H groups in total. The Bertz CT molecular complexity index is 377. The molecule has 1 unspecified atom stereocenters. The van der Waals surface area contributed by atoms with E-state index in [1.807, 2.05) is 0 Å². The minimum atomic E-state index is -1.14. The largest absolute Gasteiger partial charge is 1.00 e. The van der Waals surface area contributed by atoms with Crippen LogP contribution < -0.4 is 34.7 Å². The molecule has 0 spiro atoms. The van der Waals surface area contributed by atoms with Crippen LogP contribution in [0.2, 0.25) is 0 Å². The van der Waals surface area contributed by atoms with Crippen molar-refractivity contribution in [3.05, 3.63) is 0 Å². The van der Waals surface area contributed by atoms with Gasteiger partial charge in [0.15, 0.2) is 0 Å². The van der Waals surface area contributed by atoms with Crippen LogP contribution in [0.3, 0.4) is 0 Å². The quantitative estimate of drug-likeness (QED) is 0.245. The van der Waals surface area contributed by atoms with Crippen molar-refractivity contribution in [2.24, 2.45) is 0 Å². The molecule has 160 valence electrons. The summed E-state index contributed by atoms with van der Waals surface area (Å²) in [4.78, 5) is 23.7. The third kappa shape index (κ3) is 18.0. The molecule has 0 saturated heterocycles. The number of amides is 1. The van der Waals surface area contributed by atoms with Crippen molar-refractivity contribution in [3.63, 3.8) is 0 Å². The van der Waals surface area contributed by atoms with Gasteiger partial charge in [-0.15, -0.1) is 0 Å². The van der Waals surface area contributed by atoms with Crippen LogP contribution in [0.25, 0.3) is 0 Å². The Balaban J connectivity index is 0. The average molecular weight is 406 g/mol. The normalized spacial score (nSPS) is 11.7. The zero-order valence-corrected chi connectivity index (χ0v) is 21.3. The Labute approximate surface area is 196 Å². The first kappa shape index (κ1) is 30.1. The minimum absolute atomic E-state index is 0. The number of likely N-dealkylation sites (N-methyl/N-ethyl adjacent to an activating group) is 1. The molecule has 1 atom stereocenters. The van der Waals surface area contributed by atoms with E-state index in [-0.39, 0.29) is 35.5 Å². The van der Waals surface area contributed by atoms with E-state index in [1.54, 1.807) is 0 Å². The molecule has 0 heterocycles. The van der Waals surface area contributed by atoms with Gasteiger partial charge in [-0.2, -0.15) is 0 Å². The van der Waals surface area contributed by atoms with Crippen molar-refractivity contribution in [3.8, 4) is 0 Å². The van der Waals surface area contributed by atoms with Gasteiger partial charge >= 0.3 is 29.6 Å². The molecule has 0 aromatic carbocycles. The molecule has 0 aliphatic carbocycles. The monoisotopic (exact) mass is 405 g/mol. The van der Waals surface area contributed by atoms with Crippen LogP contribution in [0, 0.1) is 0 Å². The molecule has 0 radical (unpaired) electrons. The van der Waals surface area contributed by atoms with Gasteiger partial charge in [-0.3, -0.25) is 4.79 Å². The molecule has 4 nitrogen and oxygen atoms in total. The van der Waals surface area contributed by atoms with Crippen molar-refractivity contribution in [1.82, 2.24) is 4.90 Å². The zero-order chi connectivity index (χ0) is 20.3. The zero-order valence-electron chi connectivity index (χ0n) is 19.3. The molecule has 1 amide bonds. The number of aliphatic carboxylic acids is 1. The van der Waals surface area contributed by atoms with Crippen LogP contribution in [-0.4, -0.2) is 29.9 Å². The van der Waals surface area contributed by atoms with Crippen LogP contribution in [-0.2, 0) is 9.59 Å². The summed E-state index contributed by atoms with van der Waals surface area (Å²) in [6.07, 6.45) is 21.3. The Kier molecular flexibility index (Phi) is 23.3. The molecule has 28 heavy (non-hydrogen) atoms. The van der Waals surface area contributed by atoms with Gasteiger partial charge < -0.3 is 14.8 Å². The average Bonchev–Trinajstić information content (AvgIpc) is 2.63. The summed E-state index contributed by atoms with van der Waals surface area (Å²) in [5, 5.41) is 11.1. The summed E-state index contributed by atoms with van der Waals surface area (Å²) in [7, 11) is 1.54. The maximum atomic E-state index is 11.3. The van der Waals surface area contributed by atoms with Crippen molar-refractivity contribution < 1.29 is 44.3 Å². The predicted molar refractivity (Wildman–Crippen MR) is 111 cm³/mol. The van der Waals surface area contributed by atoms with E-state index < -0.39 is 12.0 Å². The van der Waals surface area contributed by atoms with E-state index >= 15 is 0 Å². The Morgan fingerprint density at radius 3 is 1.32 bits per heavy atom. The van der Waals surface area contributed by atoms with Gasteiger partial charge in [-0.05, 0) is 6.42 Å². The van der Waals surface area contributed by atoms with Crippen molar-refractivity contribution in [1.29, 1.82) is 0 Å². The number of nitrogens with zero attached hydrogens (tertiary/aromatic N) is 1. The molecule has 0 rings (SSSR count). The molecule has 0 aliphatic heterocycles. The fourth-order valence-electron chi connectivity index (χ4n) is 3.57. The number of carboxylic acid groups (broad SMARTS) is 1. The van der Waals surface area contributed by atoms with Crippen LogP contribution in [0.4, 0.5) is 0 Å². The van der Waals surface area contributed by atoms with Crippen LogP contribution >= 0.6 is 0 Å². The van der Waals surface area contributed by atoms with Gasteiger partial charge in [-0.25, -0.2) is 0 Å². The second kappa shape index (κ2) is 21.6. The Morgan fingerprint density at radius 1 is 0.714 bits per heavy atom. The second-order valence-corrected chi connectivity index (χ2v) is 8.06. The minimum Gasteiger partial charge on any atom is -0.548 e. The number of rotatable bonds is 19. The van der Waals surface area contributed by atoms with Crippen molar-refractivity contribution >= 4 is 11.9 Å². The van der Waals surface area contributed by atoms with Gasteiger partial charge in [0.25, 0.3) is 0 Å². The van der Waals surface area contributed by atoms with E-state index in [4.69, 9.17) is 0 Å². The van der Waals surface area contributed by atoms with E-state index in [1.165, 1.54) is 102 Å². The number of carbonyl (C=O) groups is 2. The van der Waals surface area contributed by atoms with Crippen molar-refractivity contribution in [2.45, 2.75) is 129 Å². The van der Waals surface area contributed by atoms with E-state index in [0.29, 0.717) is 6.42 Å². The molecule has 5 heteroatoms. The van der Waals surface area contributed by atoms with Crippen molar-refractivity contribution in [2.75, 3.05) is 7.05 Å². The third-order valence-corrected chi connectivity index (χ3v) is 5.57. The molecule has 0 bridgehead atoms. The number of unbranched alkanes of at least 4 members (excludes halogenated alkanes) is 15. The van der Waals surface area contributed by atoms with Gasteiger partial charge in [0, 0.05) is 14.0 Å². The maximum absolute atomic E-state index is 11.3. The first-order valence-electron chi connectivity index (χ1n) is 11.4. The Hall–Kier alpha value is -0.0600. The first-order valence-corrected chi connectivity index (χ1v) is 11.4. The molecule has 0 fully saturated rings. The summed E-state index contributed by atoms with van der Waals surface area (Å²) >= 11 is 0. The van der Waals surface area contributed by atoms with Crippen LogP contribution in [0.15, 0.2) is 0 Å². The number of hydrogen-bond acceptors (Lipinski definition) is 3.